The molecule has 86 valence electrons. The predicted molar refractivity (Wildman–Crippen MR) is 50.8 cm³/mol. The lowest BCUT2D eigenvalue weighted by molar-refractivity contribution is -0.150. The molecule has 1 heterocycles. The van der Waals surface area contributed by atoms with Gasteiger partial charge >= 0.3 is 5.97 Å². The number of nitrogens with two attached hydrogens (primary N) is 2. The third kappa shape index (κ3) is 1.45. The minimum atomic E-state index is -1.04. The van der Waals surface area contributed by atoms with Gasteiger partial charge in [0.2, 0.25) is 0 Å². The smallest absolute Gasteiger partial charge is 0.341 e. The largest absolute Gasteiger partial charge is 0.464 e. The Bertz CT molecular complexity index is 285. The van der Waals surface area contributed by atoms with Gasteiger partial charge in [0.1, 0.15) is 12.2 Å². The fourth-order valence-corrected chi connectivity index (χ4v) is 2.14. The number of rotatable bonds is 2. The van der Waals surface area contributed by atoms with E-state index >= 15 is 0 Å². The summed E-state index contributed by atoms with van der Waals surface area (Å²) >= 11 is 0. The van der Waals surface area contributed by atoms with Crippen LogP contribution in [0.3, 0.4) is 0 Å². The quantitative estimate of drug-likeness (QED) is 0.367. The number of aliphatic hydroxyl groups is 1. The van der Waals surface area contributed by atoms with Crippen LogP contribution in [0.15, 0.2) is 0 Å². The zero-order chi connectivity index (χ0) is 11.2. The number of esters is 1. The Kier molecular flexibility index (Phi) is 2.46. The summed E-state index contributed by atoms with van der Waals surface area (Å²) in [4.78, 5) is 11.6. The van der Waals surface area contributed by atoms with Gasteiger partial charge < -0.3 is 26.0 Å². The Balaban J connectivity index is 2.11. The molecule has 1 aliphatic heterocycles. The zero-order valence-electron chi connectivity index (χ0n) is 8.55. The molecule has 2 rings (SSSR count). The maximum absolute atomic E-state index is 11.6. The van der Waals surface area contributed by atoms with Crippen molar-refractivity contribution in [2.75, 3.05) is 6.61 Å². The summed E-state index contributed by atoms with van der Waals surface area (Å²) in [7, 11) is 0. The zero-order valence-corrected chi connectivity index (χ0v) is 8.55. The molecule has 5 N–H and O–H groups in total. The molecule has 0 spiro atoms. The van der Waals surface area contributed by atoms with Crippen LogP contribution < -0.4 is 11.5 Å². The number of carbonyl (C=O) groups is 1. The second-order valence-electron chi connectivity index (χ2n) is 4.08. The summed E-state index contributed by atoms with van der Waals surface area (Å²) in [6, 6.07) is -0.983. The first-order valence-electron chi connectivity index (χ1n) is 5.07. The molecule has 0 amide bonds. The molecule has 2 aliphatic rings. The Morgan fingerprint density at radius 2 is 2.33 bits per heavy atom. The van der Waals surface area contributed by atoms with Gasteiger partial charge in [-0.3, -0.25) is 0 Å². The Labute approximate surface area is 87.5 Å². The summed E-state index contributed by atoms with van der Waals surface area (Å²) in [5.74, 6) is -0.448. The Morgan fingerprint density at radius 1 is 1.67 bits per heavy atom. The van der Waals surface area contributed by atoms with Crippen LogP contribution in [0.5, 0.6) is 0 Å². The molecule has 0 aromatic carbocycles. The van der Waals surface area contributed by atoms with Crippen LogP contribution in [0.2, 0.25) is 0 Å². The van der Waals surface area contributed by atoms with E-state index in [0.29, 0.717) is 6.42 Å². The van der Waals surface area contributed by atoms with Gasteiger partial charge in [-0.25, -0.2) is 4.79 Å². The van der Waals surface area contributed by atoms with Crippen LogP contribution >= 0.6 is 0 Å². The highest BCUT2D eigenvalue weighted by Gasteiger charge is 2.70. The van der Waals surface area contributed by atoms with E-state index in [2.05, 4.69) is 0 Å². The average molecular weight is 216 g/mol. The number of carbonyl (C=O) groups excluding carboxylic acids is 1. The van der Waals surface area contributed by atoms with E-state index in [-0.39, 0.29) is 6.61 Å². The Morgan fingerprint density at radius 3 is 2.93 bits per heavy atom. The first kappa shape index (κ1) is 10.8. The van der Waals surface area contributed by atoms with Crippen molar-refractivity contribution >= 4 is 5.97 Å². The van der Waals surface area contributed by atoms with Crippen LogP contribution in [-0.2, 0) is 14.3 Å². The first-order chi connectivity index (χ1) is 7.03. The molecule has 0 bridgehead atoms. The average Bonchev–Trinajstić information content (AvgIpc) is 2.91. The second-order valence-corrected chi connectivity index (χ2v) is 4.08. The standard InChI is InChI=1S/C9H16N2O4/c1-2-14-8(13)9-3-4(10)5(11)6(12)7(9)15-9/h4-7,12H,2-3,10-11H2,1H3/t4-,5+,6-,7?,9?/m0/s1. The van der Waals surface area contributed by atoms with E-state index in [9.17, 15) is 9.90 Å². The SMILES string of the molecule is CCOC(=O)C12C[C@H](N)[C@@H](N)[C@H](O)C1O2. The van der Waals surface area contributed by atoms with Crippen molar-refractivity contribution in [1.29, 1.82) is 0 Å². The molecule has 2 fully saturated rings. The van der Waals surface area contributed by atoms with E-state index in [1.54, 1.807) is 6.92 Å². The molecule has 0 aromatic heterocycles. The summed E-state index contributed by atoms with van der Waals surface area (Å²) in [5.41, 5.74) is 10.4. The van der Waals surface area contributed by atoms with Crippen molar-refractivity contribution in [3.05, 3.63) is 0 Å². The highest BCUT2D eigenvalue weighted by molar-refractivity contribution is 5.84. The fraction of sp³-hybridized carbons (Fsp3) is 0.889. The maximum atomic E-state index is 11.6. The van der Waals surface area contributed by atoms with Crippen molar-refractivity contribution in [2.24, 2.45) is 11.5 Å². The highest BCUT2D eigenvalue weighted by atomic mass is 16.7. The number of hydrogen-bond donors (Lipinski definition) is 3. The summed E-state index contributed by atoms with van der Waals surface area (Å²) < 4.78 is 10.1. The van der Waals surface area contributed by atoms with E-state index in [1.165, 1.54) is 0 Å². The molecule has 5 atom stereocenters. The van der Waals surface area contributed by atoms with Crippen LogP contribution in [0.1, 0.15) is 13.3 Å². The lowest BCUT2D eigenvalue weighted by atomic mass is 9.81. The van der Waals surface area contributed by atoms with Crippen molar-refractivity contribution in [1.82, 2.24) is 0 Å². The molecule has 1 saturated carbocycles. The minimum Gasteiger partial charge on any atom is -0.464 e. The van der Waals surface area contributed by atoms with Crippen molar-refractivity contribution in [3.8, 4) is 0 Å². The number of hydrogen-bond acceptors (Lipinski definition) is 6. The molecule has 0 aromatic rings. The van der Waals surface area contributed by atoms with Crippen molar-refractivity contribution in [3.63, 3.8) is 0 Å². The fourth-order valence-electron chi connectivity index (χ4n) is 2.14. The topological polar surface area (TPSA) is 111 Å². The van der Waals surface area contributed by atoms with Gasteiger partial charge in [-0.15, -0.1) is 0 Å². The molecular weight excluding hydrogens is 200 g/mol. The Hall–Kier alpha value is -0.690. The second kappa shape index (κ2) is 3.41. The number of fused-ring (bicyclic) bond motifs is 1. The first-order valence-corrected chi connectivity index (χ1v) is 5.07. The van der Waals surface area contributed by atoms with E-state index in [4.69, 9.17) is 20.9 Å². The van der Waals surface area contributed by atoms with Crippen molar-refractivity contribution in [2.45, 2.75) is 43.2 Å². The minimum absolute atomic E-state index is 0.286. The van der Waals surface area contributed by atoms with Crippen LogP contribution in [0, 0.1) is 0 Å². The van der Waals surface area contributed by atoms with Gasteiger partial charge in [0, 0.05) is 18.5 Å². The van der Waals surface area contributed by atoms with Gasteiger partial charge in [-0.2, -0.15) is 0 Å². The monoisotopic (exact) mass is 216 g/mol. The third-order valence-electron chi connectivity index (χ3n) is 3.10. The summed E-state index contributed by atoms with van der Waals surface area (Å²) in [6.07, 6.45) is -1.13. The molecule has 6 heteroatoms. The third-order valence-corrected chi connectivity index (χ3v) is 3.10. The molecule has 2 unspecified atom stereocenters. The number of aliphatic hydroxyl groups excluding tert-OH is 1. The molecule has 6 nitrogen and oxygen atoms in total. The van der Waals surface area contributed by atoms with E-state index in [0.717, 1.165) is 0 Å². The number of ether oxygens (including phenoxy) is 2. The van der Waals surface area contributed by atoms with E-state index < -0.39 is 35.9 Å². The normalized spacial score (nSPS) is 48.3. The molecule has 1 aliphatic carbocycles. The van der Waals surface area contributed by atoms with Gasteiger partial charge in [-0.1, -0.05) is 0 Å². The van der Waals surface area contributed by atoms with Gasteiger partial charge in [0.15, 0.2) is 5.60 Å². The highest BCUT2D eigenvalue weighted by Crippen LogP contribution is 2.48. The van der Waals surface area contributed by atoms with Gasteiger partial charge in [0.25, 0.3) is 0 Å². The maximum Gasteiger partial charge on any atom is 0.341 e. The van der Waals surface area contributed by atoms with Crippen LogP contribution in [0.25, 0.3) is 0 Å². The van der Waals surface area contributed by atoms with Gasteiger partial charge in [0.05, 0.1) is 6.61 Å². The lowest BCUT2D eigenvalue weighted by Gasteiger charge is -2.30. The summed E-state index contributed by atoms with van der Waals surface area (Å²) in [6.45, 7) is 2.00. The van der Waals surface area contributed by atoms with Crippen LogP contribution in [0.4, 0.5) is 0 Å². The molecule has 1 saturated heterocycles. The molecule has 0 radical (unpaired) electrons. The van der Waals surface area contributed by atoms with Crippen molar-refractivity contribution < 1.29 is 19.4 Å². The van der Waals surface area contributed by atoms with E-state index in [1.807, 2.05) is 0 Å². The predicted octanol–water partition coefficient (Wildman–Crippen LogP) is -1.89. The number of epoxide rings is 1. The molecule has 15 heavy (non-hydrogen) atoms. The van der Waals surface area contributed by atoms with Gasteiger partial charge in [-0.05, 0) is 6.92 Å². The lowest BCUT2D eigenvalue weighted by Crippen LogP contribution is -2.59. The summed E-state index contributed by atoms with van der Waals surface area (Å²) in [5, 5.41) is 9.70. The molecular formula is C9H16N2O4. The van der Waals surface area contributed by atoms with Crippen LogP contribution in [-0.4, -0.2) is 47.6 Å².